The predicted octanol–water partition coefficient (Wildman–Crippen LogP) is 1.94. The Bertz CT molecular complexity index is 944. The van der Waals surface area contributed by atoms with Gasteiger partial charge in [0.2, 0.25) is 0 Å². The highest BCUT2D eigenvalue weighted by Crippen LogP contribution is 2.17. The smallest absolute Gasteiger partial charge is 0.253 e. The van der Waals surface area contributed by atoms with Crippen LogP contribution < -0.4 is 9.64 Å². The number of carbonyl (C=O) groups excluding carboxylic acids is 1. The Balaban J connectivity index is 1.38. The number of imidazole rings is 1. The number of amides is 1. The van der Waals surface area contributed by atoms with E-state index in [1.54, 1.807) is 25.4 Å². The molecule has 1 saturated heterocycles. The van der Waals surface area contributed by atoms with Gasteiger partial charge in [-0.3, -0.25) is 9.36 Å². The van der Waals surface area contributed by atoms with Gasteiger partial charge in [-0.1, -0.05) is 0 Å². The minimum Gasteiger partial charge on any atom is -0.497 e. The maximum atomic E-state index is 12.7. The summed E-state index contributed by atoms with van der Waals surface area (Å²) in [6.45, 7) is 4.67. The van der Waals surface area contributed by atoms with Gasteiger partial charge in [-0.05, 0) is 43.3 Å². The first-order chi connectivity index (χ1) is 13.7. The normalized spacial score (nSPS) is 14.2. The Labute approximate surface area is 163 Å². The fourth-order valence-corrected chi connectivity index (χ4v) is 3.29. The molecule has 8 heteroatoms. The maximum absolute atomic E-state index is 12.7. The van der Waals surface area contributed by atoms with E-state index >= 15 is 0 Å². The zero-order valence-electron chi connectivity index (χ0n) is 15.9. The first kappa shape index (κ1) is 18.0. The van der Waals surface area contributed by atoms with Crippen molar-refractivity contribution >= 4 is 11.7 Å². The number of aromatic nitrogens is 4. The summed E-state index contributed by atoms with van der Waals surface area (Å²) in [6.07, 6.45) is 3.60. The molecule has 3 heterocycles. The van der Waals surface area contributed by atoms with Gasteiger partial charge in [0.1, 0.15) is 11.6 Å². The van der Waals surface area contributed by atoms with E-state index in [2.05, 4.69) is 20.1 Å². The number of carbonyl (C=O) groups is 1. The number of rotatable bonds is 4. The van der Waals surface area contributed by atoms with Crippen molar-refractivity contribution < 1.29 is 9.53 Å². The average Bonchev–Trinajstić information content (AvgIpc) is 3.19. The lowest BCUT2D eigenvalue weighted by Crippen LogP contribution is -2.49. The largest absolute Gasteiger partial charge is 0.497 e. The molecule has 2 aromatic heterocycles. The van der Waals surface area contributed by atoms with E-state index in [1.165, 1.54) is 0 Å². The van der Waals surface area contributed by atoms with Gasteiger partial charge in [0.15, 0.2) is 11.6 Å². The molecule has 8 nitrogen and oxygen atoms in total. The van der Waals surface area contributed by atoms with E-state index in [1.807, 2.05) is 46.9 Å². The minimum atomic E-state index is 0.0410. The highest BCUT2D eigenvalue weighted by Gasteiger charge is 2.23. The molecule has 1 aromatic carbocycles. The van der Waals surface area contributed by atoms with Crippen LogP contribution in [0.1, 0.15) is 16.2 Å². The van der Waals surface area contributed by atoms with E-state index in [-0.39, 0.29) is 5.91 Å². The number of anilines is 1. The molecule has 4 rings (SSSR count). The molecular formula is C20H22N6O2. The Morgan fingerprint density at radius 1 is 0.964 bits per heavy atom. The molecule has 1 amide bonds. The second kappa shape index (κ2) is 7.67. The van der Waals surface area contributed by atoms with Gasteiger partial charge in [-0.2, -0.15) is 0 Å². The third-order valence-electron chi connectivity index (χ3n) is 4.94. The van der Waals surface area contributed by atoms with Crippen molar-refractivity contribution in [3.05, 3.63) is 60.2 Å². The Hall–Kier alpha value is -3.42. The van der Waals surface area contributed by atoms with Crippen molar-refractivity contribution in [2.75, 3.05) is 38.2 Å². The number of aryl methyl sites for hydroxylation is 1. The average molecular weight is 378 g/mol. The summed E-state index contributed by atoms with van der Waals surface area (Å²) in [4.78, 5) is 20.9. The zero-order valence-corrected chi connectivity index (χ0v) is 15.9. The second-order valence-corrected chi connectivity index (χ2v) is 6.60. The minimum absolute atomic E-state index is 0.0410. The monoisotopic (exact) mass is 378 g/mol. The van der Waals surface area contributed by atoms with Gasteiger partial charge in [-0.15, -0.1) is 10.2 Å². The molecule has 0 radical (unpaired) electrons. The molecular weight excluding hydrogens is 356 g/mol. The summed E-state index contributed by atoms with van der Waals surface area (Å²) >= 11 is 0. The molecule has 144 valence electrons. The number of hydrogen-bond donors (Lipinski definition) is 0. The van der Waals surface area contributed by atoms with Crippen molar-refractivity contribution in [1.29, 1.82) is 0 Å². The van der Waals surface area contributed by atoms with Crippen LogP contribution in [0.4, 0.5) is 5.82 Å². The van der Waals surface area contributed by atoms with Gasteiger partial charge in [-0.25, -0.2) is 4.98 Å². The number of hydrogen-bond acceptors (Lipinski definition) is 6. The van der Waals surface area contributed by atoms with Crippen LogP contribution in [0.3, 0.4) is 0 Å². The molecule has 0 atom stereocenters. The molecule has 3 aromatic rings. The number of benzene rings is 1. The third-order valence-corrected chi connectivity index (χ3v) is 4.94. The fourth-order valence-electron chi connectivity index (χ4n) is 3.29. The molecule has 28 heavy (non-hydrogen) atoms. The molecule has 0 spiro atoms. The molecule has 0 N–H and O–H groups in total. The molecule has 1 aliphatic rings. The van der Waals surface area contributed by atoms with Gasteiger partial charge in [0, 0.05) is 44.1 Å². The van der Waals surface area contributed by atoms with E-state index in [0.29, 0.717) is 18.7 Å². The van der Waals surface area contributed by atoms with Crippen LogP contribution in [0, 0.1) is 6.92 Å². The van der Waals surface area contributed by atoms with E-state index in [9.17, 15) is 4.79 Å². The fraction of sp³-hybridized carbons (Fsp3) is 0.300. The van der Waals surface area contributed by atoms with E-state index < -0.39 is 0 Å². The highest BCUT2D eigenvalue weighted by molar-refractivity contribution is 5.94. The van der Waals surface area contributed by atoms with Crippen LogP contribution in [0.15, 0.2) is 48.8 Å². The van der Waals surface area contributed by atoms with Crippen molar-refractivity contribution in [1.82, 2.24) is 24.6 Å². The molecule has 0 aliphatic carbocycles. The lowest BCUT2D eigenvalue weighted by atomic mass is 10.1. The summed E-state index contributed by atoms with van der Waals surface area (Å²) in [6, 6.07) is 11.1. The maximum Gasteiger partial charge on any atom is 0.253 e. The van der Waals surface area contributed by atoms with Gasteiger partial charge < -0.3 is 14.5 Å². The van der Waals surface area contributed by atoms with Crippen LogP contribution in [-0.2, 0) is 0 Å². The molecule has 0 bridgehead atoms. The molecule has 0 unspecified atom stereocenters. The lowest BCUT2D eigenvalue weighted by Gasteiger charge is -2.35. The first-order valence-electron chi connectivity index (χ1n) is 9.18. The number of piperazine rings is 1. The van der Waals surface area contributed by atoms with Crippen molar-refractivity contribution in [2.45, 2.75) is 6.92 Å². The number of methoxy groups -OCH3 is 1. The summed E-state index contributed by atoms with van der Waals surface area (Å²) in [5, 5.41) is 8.67. The lowest BCUT2D eigenvalue weighted by molar-refractivity contribution is 0.0746. The van der Waals surface area contributed by atoms with E-state index in [4.69, 9.17) is 4.74 Å². The van der Waals surface area contributed by atoms with Crippen LogP contribution in [0.25, 0.3) is 5.82 Å². The highest BCUT2D eigenvalue weighted by atomic mass is 16.5. The van der Waals surface area contributed by atoms with Crippen molar-refractivity contribution in [2.24, 2.45) is 0 Å². The quantitative estimate of drug-likeness (QED) is 0.691. The Kier molecular flexibility index (Phi) is 4.92. The van der Waals surface area contributed by atoms with Crippen LogP contribution >= 0.6 is 0 Å². The van der Waals surface area contributed by atoms with Gasteiger partial charge in [0.25, 0.3) is 5.91 Å². The van der Waals surface area contributed by atoms with Gasteiger partial charge >= 0.3 is 0 Å². The molecule has 1 fully saturated rings. The van der Waals surface area contributed by atoms with Crippen molar-refractivity contribution in [3.63, 3.8) is 0 Å². The predicted molar refractivity (Wildman–Crippen MR) is 105 cm³/mol. The van der Waals surface area contributed by atoms with Crippen molar-refractivity contribution in [3.8, 4) is 11.6 Å². The Morgan fingerprint density at radius 2 is 1.64 bits per heavy atom. The number of ether oxygens (including phenoxy) is 1. The van der Waals surface area contributed by atoms with E-state index in [0.717, 1.165) is 36.3 Å². The molecule has 0 saturated carbocycles. The van der Waals surface area contributed by atoms with Crippen LogP contribution in [-0.4, -0.2) is 63.8 Å². The third kappa shape index (κ3) is 3.53. The summed E-state index contributed by atoms with van der Waals surface area (Å²) in [5.74, 6) is 3.21. The second-order valence-electron chi connectivity index (χ2n) is 6.60. The molecule has 1 aliphatic heterocycles. The summed E-state index contributed by atoms with van der Waals surface area (Å²) in [5.41, 5.74) is 0.675. The van der Waals surface area contributed by atoms with Gasteiger partial charge in [0.05, 0.1) is 7.11 Å². The standard InChI is InChI=1S/C20H22N6O2/c1-15-21-9-10-26(15)19-8-7-18(22-23-19)24-11-13-25(14-12-24)20(27)16-3-5-17(28-2)6-4-16/h3-10H,11-14H2,1-2H3. The summed E-state index contributed by atoms with van der Waals surface area (Å²) in [7, 11) is 1.61. The SMILES string of the molecule is COc1ccc(C(=O)N2CCN(c3ccc(-n4ccnc4C)nn3)CC2)cc1. The topological polar surface area (TPSA) is 76.4 Å². The summed E-state index contributed by atoms with van der Waals surface area (Å²) < 4.78 is 7.04. The first-order valence-corrected chi connectivity index (χ1v) is 9.18. The van der Waals surface area contributed by atoms with Crippen LogP contribution in [0.2, 0.25) is 0 Å². The Morgan fingerprint density at radius 3 is 2.21 bits per heavy atom. The zero-order chi connectivity index (χ0) is 19.5. The number of nitrogens with zero attached hydrogens (tertiary/aromatic N) is 6. The van der Waals surface area contributed by atoms with Crippen LogP contribution in [0.5, 0.6) is 5.75 Å².